The fraction of sp³-hybridized carbons (Fsp3) is 0.571. The first-order valence-electron chi connectivity index (χ1n) is 6.74. The molecule has 1 aromatic rings. The number of aryl methyl sites for hydroxylation is 1. The minimum atomic E-state index is -3.32. The molecule has 2 rings (SSSR count). The lowest BCUT2D eigenvalue weighted by molar-refractivity contribution is 0.288. The normalized spacial score (nSPS) is 20.8. The quantitative estimate of drug-likeness (QED) is 0.894. The minimum Gasteiger partial charge on any atom is -0.396 e. The molecule has 1 aliphatic rings. The molecule has 1 fully saturated rings. The van der Waals surface area contributed by atoms with Crippen LogP contribution in [0.1, 0.15) is 25.3 Å². The van der Waals surface area contributed by atoms with Crippen LogP contribution in [0.25, 0.3) is 0 Å². The minimum absolute atomic E-state index is 0.158. The average molecular weight is 283 g/mol. The van der Waals surface area contributed by atoms with E-state index < -0.39 is 10.0 Å². The second-order valence-corrected chi connectivity index (χ2v) is 7.17. The maximum atomic E-state index is 12.4. The summed E-state index contributed by atoms with van der Waals surface area (Å²) in [4.78, 5) is 0.370. The van der Waals surface area contributed by atoms with E-state index in [1.165, 1.54) is 0 Å². The van der Waals surface area contributed by atoms with E-state index in [0.29, 0.717) is 30.3 Å². The summed E-state index contributed by atoms with van der Waals surface area (Å²) in [6.07, 6.45) is 2.42. The maximum absolute atomic E-state index is 12.4. The maximum Gasteiger partial charge on any atom is 0.243 e. The Kier molecular flexibility index (Phi) is 4.60. The van der Waals surface area contributed by atoms with Crippen molar-refractivity contribution in [3.63, 3.8) is 0 Å². The second-order valence-electron chi connectivity index (χ2n) is 5.23. The summed E-state index contributed by atoms with van der Waals surface area (Å²) < 4.78 is 26.4. The fourth-order valence-corrected chi connectivity index (χ4v) is 3.95. The summed E-state index contributed by atoms with van der Waals surface area (Å²) in [6, 6.07) is 7.01. The van der Waals surface area contributed by atoms with Gasteiger partial charge >= 0.3 is 0 Å². The molecular weight excluding hydrogens is 262 g/mol. The van der Waals surface area contributed by atoms with Crippen LogP contribution in [0.3, 0.4) is 0 Å². The summed E-state index contributed by atoms with van der Waals surface area (Å²) in [5.41, 5.74) is 1.06. The zero-order valence-electron chi connectivity index (χ0n) is 11.2. The number of rotatable bonds is 5. The van der Waals surface area contributed by atoms with Gasteiger partial charge in [0.25, 0.3) is 0 Å². The Labute approximate surface area is 115 Å². The molecule has 0 spiro atoms. The fourth-order valence-electron chi connectivity index (χ4n) is 2.37. The van der Waals surface area contributed by atoms with Crippen molar-refractivity contribution >= 4 is 10.0 Å². The molecule has 0 bridgehead atoms. The smallest absolute Gasteiger partial charge is 0.243 e. The Bertz CT molecular complexity index is 510. The number of benzene rings is 1. The Hall–Kier alpha value is -0.910. The van der Waals surface area contributed by atoms with E-state index in [9.17, 15) is 8.42 Å². The number of sulfonamides is 1. The van der Waals surface area contributed by atoms with E-state index in [1.54, 1.807) is 16.4 Å². The van der Waals surface area contributed by atoms with Crippen LogP contribution < -0.4 is 0 Å². The summed E-state index contributed by atoms with van der Waals surface area (Å²) in [5, 5.41) is 8.78. The SMILES string of the molecule is CC1CCN(S(=O)(=O)c2ccc(CCCO)cc2)C1. The molecule has 1 heterocycles. The van der Waals surface area contributed by atoms with Gasteiger partial charge in [-0.25, -0.2) is 8.42 Å². The molecule has 4 nitrogen and oxygen atoms in total. The predicted octanol–water partition coefficient (Wildman–Crippen LogP) is 1.64. The zero-order chi connectivity index (χ0) is 13.9. The van der Waals surface area contributed by atoms with Gasteiger partial charge in [0.05, 0.1) is 4.90 Å². The Morgan fingerprint density at radius 1 is 1.32 bits per heavy atom. The number of hydrogen-bond donors (Lipinski definition) is 1. The van der Waals surface area contributed by atoms with E-state index in [2.05, 4.69) is 6.92 Å². The third-order valence-electron chi connectivity index (χ3n) is 3.57. The molecule has 1 unspecified atom stereocenters. The third-order valence-corrected chi connectivity index (χ3v) is 5.45. The van der Waals surface area contributed by atoms with Gasteiger partial charge in [-0.15, -0.1) is 0 Å². The van der Waals surface area contributed by atoms with E-state index >= 15 is 0 Å². The molecule has 106 valence electrons. The van der Waals surface area contributed by atoms with Gasteiger partial charge in [0.1, 0.15) is 0 Å². The van der Waals surface area contributed by atoms with Crippen LogP contribution in [-0.4, -0.2) is 37.5 Å². The Morgan fingerprint density at radius 2 is 2.00 bits per heavy atom. The van der Waals surface area contributed by atoms with Gasteiger partial charge in [-0.05, 0) is 42.9 Å². The molecule has 19 heavy (non-hydrogen) atoms. The first-order valence-corrected chi connectivity index (χ1v) is 8.18. The van der Waals surface area contributed by atoms with Gasteiger partial charge in [-0.1, -0.05) is 19.1 Å². The molecule has 1 aromatic carbocycles. The lowest BCUT2D eigenvalue weighted by Gasteiger charge is -2.16. The first-order chi connectivity index (χ1) is 9.04. The topological polar surface area (TPSA) is 57.6 Å². The van der Waals surface area contributed by atoms with Crippen molar-refractivity contribution in [2.24, 2.45) is 5.92 Å². The van der Waals surface area contributed by atoms with Crippen molar-refractivity contribution in [3.8, 4) is 0 Å². The molecule has 0 radical (unpaired) electrons. The number of hydrogen-bond acceptors (Lipinski definition) is 3. The molecule has 1 aliphatic heterocycles. The summed E-state index contributed by atoms with van der Waals surface area (Å²) in [6.45, 7) is 3.48. The molecule has 0 aromatic heterocycles. The lowest BCUT2D eigenvalue weighted by Crippen LogP contribution is -2.28. The van der Waals surface area contributed by atoms with Crippen molar-refractivity contribution in [2.45, 2.75) is 31.1 Å². The van der Waals surface area contributed by atoms with Crippen LogP contribution in [0, 0.1) is 5.92 Å². The average Bonchev–Trinajstić information content (AvgIpc) is 2.84. The number of nitrogens with zero attached hydrogens (tertiary/aromatic N) is 1. The van der Waals surface area contributed by atoms with Gasteiger partial charge in [-0.2, -0.15) is 4.31 Å². The molecule has 1 saturated heterocycles. The van der Waals surface area contributed by atoms with Crippen molar-refractivity contribution in [1.29, 1.82) is 0 Å². The number of aliphatic hydroxyl groups is 1. The van der Waals surface area contributed by atoms with E-state index in [1.807, 2.05) is 12.1 Å². The monoisotopic (exact) mass is 283 g/mol. The van der Waals surface area contributed by atoms with Crippen LogP contribution >= 0.6 is 0 Å². The highest BCUT2D eigenvalue weighted by atomic mass is 32.2. The van der Waals surface area contributed by atoms with Crippen LogP contribution in [0.2, 0.25) is 0 Å². The molecule has 0 saturated carbocycles. The number of aliphatic hydroxyl groups excluding tert-OH is 1. The molecule has 1 N–H and O–H groups in total. The Morgan fingerprint density at radius 3 is 2.53 bits per heavy atom. The van der Waals surface area contributed by atoms with E-state index in [-0.39, 0.29) is 6.61 Å². The lowest BCUT2D eigenvalue weighted by atomic mass is 10.1. The molecular formula is C14H21NO3S. The molecule has 5 heteroatoms. The highest BCUT2D eigenvalue weighted by molar-refractivity contribution is 7.89. The third kappa shape index (κ3) is 3.35. The van der Waals surface area contributed by atoms with Gasteiger partial charge in [0, 0.05) is 19.7 Å². The van der Waals surface area contributed by atoms with E-state index in [0.717, 1.165) is 18.4 Å². The summed E-state index contributed by atoms with van der Waals surface area (Å²) in [5.74, 6) is 0.443. The van der Waals surface area contributed by atoms with Crippen LogP contribution in [0.5, 0.6) is 0 Å². The van der Waals surface area contributed by atoms with Crippen LogP contribution in [0.4, 0.5) is 0 Å². The molecule has 1 atom stereocenters. The van der Waals surface area contributed by atoms with Gasteiger partial charge < -0.3 is 5.11 Å². The predicted molar refractivity (Wildman–Crippen MR) is 74.4 cm³/mol. The largest absolute Gasteiger partial charge is 0.396 e. The van der Waals surface area contributed by atoms with Crippen molar-refractivity contribution in [1.82, 2.24) is 4.31 Å². The van der Waals surface area contributed by atoms with Crippen LogP contribution in [-0.2, 0) is 16.4 Å². The second kappa shape index (κ2) is 6.03. The van der Waals surface area contributed by atoms with Crippen molar-refractivity contribution in [2.75, 3.05) is 19.7 Å². The van der Waals surface area contributed by atoms with Gasteiger partial charge in [0.2, 0.25) is 10.0 Å². The van der Waals surface area contributed by atoms with Crippen molar-refractivity contribution < 1.29 is 13.5 Å². The first kappa shape index (κ1) is 14.5. The highest BCUT2D eigenvalue weighted by Gasteiger charge is 2.30. The summed E-state index contributed by atoms with van der Waals surface area (Å²) >= 11 is 0. The van der Waals surface area contributed by atoms with Gasteiger partial charge in [-0.3, -0.25) is 0 Å². The highest BCUT2D eigenvalue weighted by Crippen LogP contribution is 2.24. The van der Waals surface area contributed by atoms with Crippen LogP contribution in [0.15, 0.2) is 29.2 Å². The molecule has 0 amide bonds. The Balaban J connectivity index is 2.12. The van der Waals surface area contributed by atoms with E-state index in [4.69, 9.17) is 5.11 Å². The summed E-state index contributed by atoms with van der Waals surface area (Å²) in [7, 11) is -3.32. The standard InChI is InChI=1S/C14H21NO3S/c1-12-8-9-15(11-12)19(17,18)14-6-4-13(5-7-14)3-2-10-16/h4-7,12,16H,2-3,8-11H2,1H3. The van der Waals surface area contributed by atoms with Crippen molar-refractivity contribution in [3.05, 3.63) is 29.8 Å². The molecule has 0 aliphatic carbocycles. The zero-order valence-corrected chi connectivity index (χ0v) is 12.1. The van der Waals surface area contributed by atoms with Gasteiger partial charge in [0.15, 0.2) is 0 Å².